The number of nitrogens with one attached hydrogen (secondary N) is 2. The zero-order valence-corrected chi connectivity index (χ0v) is 26.2. The summed E-state index contributed by atoms with van der Waals surface area (Å²) < 4.78 is 26.6. The highest BCUT2D eigenvalue weighted by Crippen LogP contribution is 2.23. The molecule has 0 saturated heterocycles. The molecule has 0 aliphatic heterocycles. The van der Waals surface area contributed by atoms with Gasteiger partial charge in [0, 0.05) is 36.4 Å². The highest BCUT2D eigenvalue weighted by Gasteiger charge is 2.23. The number of hydrogen-bond acceptors (Lipinski definition) is 5. The number of thiocarbonyl (C=S) groups is 1. The van der Waals surface area contributed by atoms with Crippen LogP contribution in [0.3, 0.4) is 0 Å². The molecular weight excluding hydrogens is 555 g/mol. The van der Waals surface area contributed by atoms with Crippen LogP contribution < -0.4 is 10.6 Å². The van der Waals surface area contributed by atoms with Crippen molar-refractivity contribution in [3.63, 3.8) is 0 Å². The van der Waals surface area contributed by atoms with E-state index in [0.29, 0.717) is 28.6 Å². The minimum atomic E-state index is -3.57. The summed E-state index contributed by atoms with van der Waals surface area (Å²) in [7, 11) is -2.03. The minimum Gasteiger partial charge on any atom is -0.350 e. The van der Waals surface area contributed by atoms with Crippen molar-refractivity contribution in [2.75, 3.05) is 17.7 Å². The van der Waals surface area contributed by atoms with Gasteiger partial charge in [-0.2, -0.15) is 4.31 Å². The molecule has 0 bridgehead atoms. The lowest BCUT2D eigenvalue weighted by Gasteiger charge is -2.21. The Morgan fingerprint density at radius 2 is 1.56 bits per heavy atom. The Labute approximate surface area is 249 Å². The van der Waals surface area contributed by atoms with Crippen LogP contribution in [0.5, 0.6) is 0 Å². The molecule has 0 radical (unpaired) electrons. The molecule has 0 atom stereocenters. The predicted octanol–water partition coefficient (Wildman–Crippen LogP) is 6.73. The van der Waals surface area contributed by atoms with E-state index in [2.05, 4.69) is 24.5 Å². The predicted molar refractivity (Wildman–Crippen MR) is 170 cm³/mol. The molecule has 0 unspecified atom stereocenters. The van der Waals surface area contributed by atoms with Gasteiger partial charge in [0.25, 0.3) is 5.91 Å². The Bertz CT molecular complexity index is 1510. The highest BCUT2D eigenvalue weighted by molar-refractivity contribution is 7.89. The number of nitrogens with zero attached hydrogens (tertiary/aromatic N) is 1. The SMILES string of the molecule is Cc1cc(NC(=O)c2cccc(CCC(=O)CC(=S)Nc3ccc(S(=O)(=O)N(C)C(C)C)cc3)c2)ccc1C(C)C. The average Bonchev–Trinajstić information content (AvgIpc) is 2.91. The van der Waals surface area contributed by atoms with E-state index >= 15 is 0 Å². The van der Waals surface area contributed by atoms with E-state index in [9.17, 15) is 18.0 Å². The maximum absolute atomic E-state index is 12.9. The van der Waals surface area contributed by atoms with Crippen LogP contribution in [0.4, 0.5) is 11.4 Å². The number of amides is 1. The first kappa shape index (κ1) is 32.1. The van der Waals surface area contributed by atoms with Gasteiger partial charge in [0.2, 0.25) is 10.0 Å². The number of hydrogen-bond donors (Lipinski definition) is 2. The summed E-state index contributed by atoms with van der Waals surface area (Å²) in [5, 5.41) is 5.97. The summed E-state index contributed by atoms with van der Waals surface area (Å²) in [5.41, 5.74) is 5.17. The Kier molecular flexibility index (Phi) is 11.0. The minimum absolute atomic E-state index is 0.0316. The molecule has 9 heteroatoms. The summed E-state index contributed by atoms with van der Waals surface area (Å²) in [4.78, 5) is 26.0. The third-order valence-electron chi connectivity index (χ3n) is 6.93. The topological polar surface area (TPSA) is 95.6 Å². The number of aryl methyl sites for hydroxylation is 2. The van der Waals surface area contributed by atoms with Gasteiger partial charge in [-0.1, -0.05) is 44.3 Å². The van der Waals surface area contributed by atoms with Crippen LogP contribution in [0, 0.1) is 6.92 Å². The molecule has 3 rings (SSSR count). The largest absolute Gasteiger partial charge is 0.350 e. The summed E-state index contributed by atoms with van der Waals surface area (Å²) in [6.07, 6.45) is 0.833. The molecule has 1 amide bonds. The van der Waals surface area contributed by atoms with Crippen molar-refractivity contribution >= 4 is 50.3 Å². The van der Waals surface area contributed by atoms with Gasteiger partial charge in [-0.3, -0.25) is 9.59 Å². The molecular formula is C32H39N3O4S2. The molecule has 0 aromatic heterocycles. The number of rotatable bonds is 12. The van der Waals surface area contributed by atoms with Crippen LogP contribution in [-0.4, -0.2) is 42.5 Å². The van der Waals surface area contributed by atoms with Gasteiger partial charge in [-0.15, -0.1) is 0 Å². The molecule has 0 fully saturated rings. The maximum Gasteiger partial charge on any atom is 0.255 e. The molecule has 3 aromatic rings. The van der Waals surface area contributed by atoms with E-state index in [1.165, 1.54) is 22.0 Å². The van der Waals surface area contributed by atoms with Crippen LogP contribution in [0.1, 0.15) is 73.5 Å². The van der Waals surface area contributed by atoms with Crippen LogP contribution in [0.2, 0.25) is 0 Å². The monoisotopic (exact) mass is 593 g/mol. The van der Waals surface area contributed by atoms with Gasteiger partial charge in [0.15, 0.2) is 0 Å². The summed E-state index contributed by atoms with van der Waals surface area (Å²) in [5.74, 6) is 0.185. The first-order valence-corrected chi connectivity index (χ1v) is 15.5. The number of Topliss-reactive ketones (excluding diaryl/α,β-unsaturated/α-hetero) is 1. The summed E-state index contributed by atoms with van der Waals surface area (Å²) in [6.45, 7) is 9.95. The van der Waals surface area contributed by atoms with Gasteiger partial charge in [0.05, 0.1) is 16.3 Å². The fourth-order valence-electron chi connectivity index (χ4n) is 4.38. The lowest BCUT2D eigenvalue weighted by atomic mass is 9.97. The lowest BCUT2D eigenvalue weighted by molar-refractivity contribution is -0.117. The molecule has 0 saturated carbocycles. The van der Waals surface area contributed by atoms with E-state index in [1.54, 1.807) is 31.3 Å². The second-order valence-electron chi connectivity index (χ2n) is 10.8. The number of anilines is 2. The number of carbonyl (C=O) groups is 2. The Balaban J connectivity index is 1.52. The van der Waals surface area contributed by atoms with Gasteiger partial charge < -0.3 is 10.6 Å². The number of carbonyl (C=O) groups excluding carboxylic acids is 2. The van der Waals surface area contributed by atoms with E-state index in [1.807, 2.05) is 51.1 Å². The molecule has 41 heavy (non-hydrogen) atoms. The lowest BCUT2D eigenvalue weighted by Crippen LogP contribution is -2.33. The fraction of sp³-hybridized carbons (Fsp3) is 0.344. The zero-order chi connectivity index (χ0) is 30.3. The van der Waals surface area contributed by atoms with Gasteiger partial charge >= 0.3 is 0 Å². The van der Waals surface area contributed by atoms with Crippen molar-refractivity contribution in [1.29, 1.82) is 0 Å². The second-order valence-corrected chi connectivity index (χ2v) is 13.3. The summed E-state index contributed by atoms with van der Waals surface area (Å²) in [6, 6.07) is 19.4. The quantitative estimate of drug-likeness (QED) is 0.226. The molecule has 0 heterocycles. The maximum atomic E-state index is 12.9. The van der Waals surface area contributed by atoms with E-state index in [0.717, 1.165) is 16.8 Å². The van der Waals surface area contributed by atoms with Gasteiger partial charge in [-0.05, 0) is 98.3 Å². The number of benzene rings is 3. The standard InChI is InChI=1S/C32H39N3O4S2/c1-21(2)30-17-13-27(18-23(30)5)34-32(37)25-9-7-8-24(19-25)10-14-28(36)20-31(40)33-26-11-15-29(16-12-26)41(38,39)35(6)22(3)4/h7-9,11-13,15-19,21-22H,10,14,20H2,1-6H3,(H,33,40)(H,34,37). The third kappa shape index (κ3) is 8.79. The molecule has 2 N–H and O–H groups in total. The van der Waals surface area contributed by atoms with Crippen molar-refractivity contribution < 1.29 is 18.0 Å². The Morgan fingerprint density at radius 1 is 0.902 bits per heavy atom. The molecule has 3 aromatic carbocycles. The van der Waals surface area contributed by atoms with Gasteiger partial charge in [0.1, 0.15) is 5.78 Å². The smallest absolute Gasteiger partial charge is 0.255 e. The van der Waals surface area contributed by atoms with Crippen LogP contribution >= 0.6 is 12.2 Å². The van der Waals surface area contributed by atoms with Crippen molar-refractivity contribution in [2.45, 2.75) is 70.7 Å². The number of ketones is 1. The van der Waals surface area contributed by atoms with Crippen molar-refractivity contribution in [1.82, 2.24) is 4.31 Å². The highest BCUT2D eigenvalue weighted by atomic mass is 32.2. The molecule has 218 valence electrons. The normalized spacial score (nSPS) is 11.6. The zero-order valence-electron chi connectivity index (χ0n) is 24.5. The molecule has 0 aliphatic carbocycles. The Morgan fingerprint density at radius 3 is 2.17 bits per heavy atom. The van der Waals surface area contributed by atoms with E-state index in [4.69, 9.17) is 12.2 Å². The van der Waals surface area contributed by atoms with Crippen molar-refractivity contribution in [3.8, 4) is 0 Å². The first-order chi connectivity index (χ1) is 19.3. The van der Waals surface area contributed by atoms with Crippen molar-refractivity contribution in [2.24, 2.45) is 0 Å². The second kappa shape index (κ2) is 14.0. The fourth-order valence-corrected chi connectivity index (χ4v) is 6.03. The molecule has 7 nitrogen and oxygen atoms in total. The van der Waals surface area contributed by atoms with Crippen molar-refractivity contribution in [3.05, 3.63) is 89.0 Å². The van der Waals surface area contributed by atoms with Crippen LogP contribution in [-0.2, 0) is 21.2 Å². The average molecular weight is 594 g/mol. The van der Waals surface area contributed by atoms with E-state index in [-0.39, 0.29) is 35.5 Å². The summed E-state index contributed by atoms with van der Waals surface area (Å²) >= 11 is 5.36. The van der Waals surface area contributed by atoms with Crippen LogP contribution in [0.15, 0.2) is 71.6 Å². The Hall–Kier alpha value is -3.40. The molecule has 0 aliphatic rings. The van der Waals surface area contributed by atoms with E-state index < -0.39 is 10.0 Å². The van der Waals surface area contributed by atoms with Gasteiger partial charge in [-0.25, -0.2) is 8.42 Å². The van der Waals surface area contributed by atoms with Crippen LogP contribution in [0.25, 0.3) is 0 Å². The number of sulfonamides is 1. The third-order valence-corrected chi connectivity index (χ3v) is 9.23. The molecule has 0 spiro atoms. The first-order valence-electron chi connectivity index (χ1n) is 13.7.